The Morgan fingerprint density at radius 1 is 1.30 bits per heavy atom. The maximum absolute atomic E-state index is 11.0. The second-order valence-corrected chi connectivity index (χ2v) is 4.41. The van der Waals surface area contributed by atoms with E-state index in [0.717, 1.165) is 11.2 Å². The van der Waals surface area contributed by atoms with Gasteiger partial charge in [-0.3, -0.25) is 4.40 Å². The monoisotopic (exact) mass is 268 g/mol. The summed E-state index contributed by atoms with van der Waals surface area (Å²) in [6, 6.07) is 10.3. The Labute approximate surface area is 115 Å². The molecule has 0 aliphatic rings. The largest absolute Gasteiger partial charge is 0.478 e. The number of hydrogen-bond acceptors (Lipinski definition) is 3. The molecule has 0 saturated carbocycles. The van der Waals surface area contributed by atoms with Crippen molar-refractivity contribution in [2.24, 2.45) is 0 Å². The summed E-state index contributed by atoms with van der Waals surface area (Å²) < 4.78 is 7.63. The fourth-order valence-corrected chi connectivity index (χ4v) is 1.96. The normalized spacial score (nSPS) is 10.7. The summed E-state index contributed by atoms with van der Waals surface area (Å²) in [6.45, 7) is 1.87. The quantitative estimate of drug-likeness (QED) is 0.792. The van der Waals surface area contributed by atoms with E-state index < -0.39 is 5.97 Å². The third kappa shape index (κ3) is 2.09. The van der Waals surface area contributed by atoms with Crippen LogP contribution in [0.1, 0.15) is 15.9 Å². The first-order valence-corrected chi connectivity index (χ1v) is 6.09. The van der Waals surface area contributed by atoms with Crippen LogP contribution in [0.15, 0.2) is 48.8 Å². The summed E-state index contributed by atoms with van der Waals surface area (Å²) >= 11 is 0. The minimum atomic E-state index is -0.976. The maximum atomic E-state index is 11.0. The van der Waals surface area contributed by atoms with Crippen molar-refractivity contribution in [2.45, 2.75) is 6.92 Å². The maximum Gasteiger partial charge on any atom is 0.335 e. The third-order valence-corrected chi connectivity index (χ3v) is 3.04. The van der Waals surface area contributed by atoms with Crippen molar-refractivity contribution in [1.29, 1.82) is 0 Å². The lowest BCUT2D eigenvalue weighted by Gasteiger charge is -2.11. The second kappa shape index (κ2) is 4.70. The number of rotatable bonds is 3. The number of aromatic nitrogens is 2. The zero-order chi connectivity index (χ0) is 14.1. The van der Waals surface area contributed by atoms with Crippen LogP contribution in [-0.4, -0.2) is 20.5 Å². The van der Waals surface area contributed by atoms with E-state index in [1.54, 1.807) is 28.9 Å². The molecule has 0 radical (unpaired) electrons. The molecule has 1 N–H and O–H groups in total. The molecule has 2 aromatic heterocycles. The first kappa shape index (κ1) is 12.2. The molecule has 0 bridgehead atoms. The number of aromatic carboxylic acids is 1. The van der Waals surface area contributed by atoms with Crippen molar-refractivity contribution in [3.63, 3.8) is 0 Å². The van der Waals surface area contributed by atoms with Crippen LogP contribution in [0, 0.1) is 6.92 Å². The van der Waals surface area contributed by atoms with Crippen LogP contribution in [0.2, 0.25) is 0 Å². The number of nitrogens with zero attached hydrogens (tertiary/aromatic N) is 2. The molecule has 0 amide bonds. The Morgan fingerprint density at radius 3 is 2.95 bits per heavy atom. The van der Waals surface area contributed by atoms with Gasteiger partial charge in [-0.05, 0) is 36.8 Å². The average molecular weight is 268 g/mol. The van der Waals surface area contributed by atoms with Crippen molar-refractivity contribution < 1.29 is 14.6 Å². The van der Waals surface area contributed by atoms with Crippen LogP contribution in [0.25, 0.3) is 5.65 Å². The summed E-state index contributed by atoms with van der Waals surface area (Å²) in [7, 11) is 0. The van der Waals surface area contributed by atoms with Gasteiger partial charge in [0.15, 0.2) is 0 Å². The van der Waals surface area contributed by atoms with Crippen LogP contribution < -0.4 is 4.74 Å². The predicted molar refractivity (Wildman–Crippen MR) is 73.4 cm³/mol. The van der Waals surface area contributed by atoms with Crippen molar-refractivity contribution in [3.8, 4) is 11.6 Å². The lowest BCUT2D eigenvalue weighted by Crippen LogP contribution is -1.99. The smallest absolute Gasteiger partial charge is 0.335 e. The van der Waals surface area contributed by atoms with Gasteiger partial charge < -0.3 is 9.84 Å². The highest BCUT2D eigenvalue weighted by molar-refractivity contribution is 5.88. The lowest BCUT2D eigenvalue weighted by atomic mass is 10.1. The van der Waals surface area contributed by atoms with E-state index in [1.807, 2.05) is 25.1 Å². The van der Waals surface area contributed by atoms with Crippen molar-refractivity contribution >= 4 is 11.6 Å². The van der Waals surface area contributed by atoms with Gasteiger partial charge in [0.2, 0.25) is 5.88 Å². The molecule has 0 atom stereocenters. The van der Waals surface area contributed by atoms with Crippen LogP contribution in [0.3, 0.4) is 0 Å². The number of pyridine rings is 1. The predicted octanol–water partition coefficient (Wildman–Crippen LogP) is 3.13. The molecule has 0 spiro atoms. The minimum Gasteiger partial charge on any atom is -0.478 e. The molecule has 5 nitrogen and oxygen atoms in total. The highest BCUT2D eigenvalue weighted by Crippen LogP contribution is 2.26. The van der Waals surface area contributed by atoms with Crippen LogP contribution in [0.5, 0.6) is 11.6 Å². The molecule has 20 heavy (non-hydrogen) atoms. The van der Waals surface area contributed by atoms with Gasteiger partial charge in [-0.15, -0.1) is 0 Å². The number of fused-ring (bicyclic) bond motifs is 1. The van der Waals surface area contributed by atoms with Gasteiger partial charge in [-0.25, -0.2) is 9.78 Å². The third-order valence-electron chi connectivity index (χ3n) is 3.04. The molecular weight excluding hydrogens is 256 g/mol. The minimum absolute atomic E-state index is 0.198. The molecule has 0 unspecified atom stereocenters. The first-order valence-electron chi connectivity index (χ1n) is 6.09. The van der Waals surface area contributed by atoms with Crippen molar-refractivity contribution in [2.75, 3.05) is 0 Å². The topological polar surface area (TPSA) is 63.8 Å². The van der Waals surface area contributed by atoms with Gasteiger partial charge >= 0.3 is 5.97 Å². The van der Waals surface area contributed by atoms with E-state index >= 15 is 0 Å². The number of aryl methyl sites for hydroxylation is 1. The number of carboxylic acid groups (broad SMARTS) is 1. The molecule has 2 heterocycles. The number of carbonyl (C=O) groups is 1. The number of benzene rings is 1. The number of imidazole rings is 1. The standard InChI is InChI=1S/C15H12N2O3/c1-10-5-6-11(15(18)19)9-12(10)20-14-4-2-3-13-16-7-8-17(13)14/h2-9H,1H3,(H,18,19). The van der Waals surface area contributed by atoms with Gasteiger partial charge in [0.05, 0.1) is 5.56 Å². The van der Waals surface area contributed by atoms with Gasteiger partial charge in [0, 0.05) is 12.4 Å². The van der Waals surface area contributed by atoms with E-state index in [9.17, 15) is 4.79 Å². The second-order valence-electron chi connectivity index (χ2n) is 4.41. The van der Waals surface area contributed by atoms with E-state index in [-0.39, 0.29) is 5.56 Å². The Kier molecular flexibility index (Phi) is 2.87. The van der Waals surface area contributed by atoms with E-state index in [4.69, 9.17) is 9.84 Å². The van der Waals surface area contributed by atoms with Crippen molar-refractivity contribution in [1.82, 2.24) is 9.38 Å². The van der Waals surface area contributed by atoms with E-state index in [0.29, 0.717) is 11.6 Å². The highest BCUT2D eigenvalue weighted by atomic mass is 16.5. The summed E-state index contributed by atoms with van der Waals surface area (Å²) in [4.78, 5) is 15.2. The lowest BCUT2D eigenvalue weighted by molar-refractivity contribution is 0.0696. The van der Waals surface area contributed by atoms with Gasteiger partial charge in [0.25, 0.3) is 0 Å². The molecule has 0 fully saturated rings. The van der Waals surface area contributed by atoms with Crippen LogP contribution >= 0.6 is 0 Å². The Morgan fingerprint density at radius 2 is 2.15 bits per heavy atom. The van der Waals surface area contributed by atoms with E-state index in [2.05, 4.69) is 4.98 Å². The van der Waals surface area contributed by atoms with E-state index in [1.165, 1.54) is 6.07 Å². The summed E-state index contributed by atoms with van der Waals surface area (Å²) in [5, 5.41) is 9.03. The SMILES string of the molecule is Cc1ccc(C(=O)O)cc1Oc1cccc2nccn12. The Hall–Kier alpha value is -2.82. The Bertz CT molecular complexity index is 793. The number of hydrogen-bond donors (Lipinski definition) is 1. The number of carboxylic acids is 1. The molecule has 5 heteroatoms. The molecular formula is C15H12N2O3. The van der Waals surface area contributed by atoms with Crippen LogP contribution in [0.4, 0.5) is 0 Å². The fourth-order valence-electron chi connectivity index (χ4n) is 1.96. The zero-order valence-corrected chi connectivity index (χ0v) is 10.8. The average Bonchev–Trinajstić information content (AvgIpc) is 2.90. The van der Waals surface area contributed by atoms with Crippen molar-refractivity contribution in [3.05, 3.63) is 59.9 Å². The molecule has 0 saturated heterocycles. The zero-order valence-electron chi connectivity index (χ0n) is 10.8. The van der Waals surface area contributed by atoms with Gasteiger partial charge in [0.1, 0.15) is 11.4 Å². The highest BCUT2D eigenvalue weighted by Gasteiger charge is 2.09. The summed E-state index contributed by atoms with van der Waals surface area (Å²) in [5.41, 5.74) is 1.84. The molecule has 3 rings (SSSR count). The molecule has 0 aliphatic carbocycles. The molecule has 3 aromatic rings. The summed E-state index contributed by atoms with van der Waals surface area (Å²) in [5.74, 6) is 0.132. The van der Waals surface area contributed by atoms with Gasteiger partial charge in [-0.1, -0.05) is 12.1 Å². The number of ether oxygens (including phenoxy) is 1. The fraction of sp³-hybridized carbons (Fsp3) is 0.0667. The van der Waals surface area contributed by atoms with Crippen LogP contribution in [-0.2, 0) is 0 Å². The molecule has 100 valence electrons. The van der Waals surface area contributed by atoms with Gasteiger partial charge in [-0.2, -0.15) is 0 Å². The molecule has 1 aromatic carbocycles. The summed E-state index contributed by atoms with van der Waals surface area (Å²) in [6.07, 6.45) is 3.48. The molecule has 0 aliphatic heterocycles. The Balaban J connectivity index is 2.04. The first-order chi connectivity index (χ1) is 9.65.